The highest BCUT2D eigenvalue weighted by molar-refractivity contribution is 7.80. The zero-order valence-corrected chi connectivity index (χ0v) is 8.57. The van der Waals surface area contributed by atoms with Crippen LogP contribution in [0.2, 0.25) is 0 Å². The van der Waals surface area contributed by atoms with Gasteiger partial charge in [-0.25, -0.2) is 0 Å². The van der Waals surface area contributed by atoms with Crippen molar-refractivity contribution in [3.05, 3.63) is 42.5 Å². The summed E-state index contributed by atoms with van der Waals surface area (Å²) in [6, 6.07) is 10.0. The average Bonchev–Trinajstić information content (AvgIpc) is 2.19. The molecule has 0 aliphatic heterocycles. The minimum atomic E-state index is -4.16. The number of benzene rings is 1. The Labute approximate surface area is 83.8 Å². The molecule has 0 fully saturated rings. The van der Waals surface area contributed by atoms with Crippen LogP contribution in [-0.4, -0.2) is 20.1 Å². The van der Waals surface area contributed by atoms with Crippen LogP contribution in [0.5, 0.6) is 0 Å². The molecular formula is C9H12O4S. The molecule has 1 aromatic rings. The molecule has 5 heteroatoms. The van der Waals surface area contributed by atoms with Gasteiger partial charge in [0.25, 0.3) is 0 Å². The summed E-state index contributed by atoms with van der Waals surface area (Å²) >= 11 is 0. The van der Waals surface area contributed by atoms with E-state index in [2.05, 4.69) is 10.8 Å². The second-order valence-corrected chi connectivity index (χ2v) is 3.40. The van der Waals surface area contributed by atoms with Crippen molar-refractivity contribution in [2.75, 3.05) is 7.11 Å². The third kappa shape index (κ3) is 7.48. The Bertz CT molecular complexity index is 356. The minimum Gasteiger partial charge on any atom is -0.264 e. The smallest absolute Gasteiger partial charge is 0.264 e. The number of hydrogen-bond donors (Lipinski definition) is 1. The fourth-order valence-electron chi connectivity index (χ4n) is 0.589. The zero-order valence-electron chi connectivity index (χ0n) is 7.75. The number of hydrogen-bond acceptors (Lipinski definition) is 3. The molecule has 0 aliphatic carbocycles. The van der Waals surface area contributed by atoms with Crippen LogP contribution < -0.4 is 0 Å². The van der Waals surface area contributed by atoms with Crippen molar-refractivity contribution in [3.63, 3.8) is 0 Å². The molecule has 1 N–H and O–H groups in total. The highest BCUT2D eigenvalue weighted by Gasteiger charge is 1.94. The lowest BCUT2D eigenvalue weighted by molar-refractivity contribution is 0.324. The van der Waals surface area contributed by atoms with Crippen LogP contribution in [-0.2, 0) is 14.6 Å². The van der Waals surface area contributed by atoms with Crippen molar-refractivity contribution >= 4 is 16.5 Å². The third-order valence-electron chi connectivity index (χ3n) is 1.25. The SMILES string of the molecule is C=Cc1ccccc1.COS(=O)(=O)O. The van der Waals surface area contributed by atoms with Crippen LogP contribution >= 0.6 is 0 Å². The fraction of sp³-hybridized carbons (Fsp3) is 0.111. The van der Waals surface area contributed by atoms with E-state index in [1.807, 2.05) is 36.4 Å². The first-order valence-electron chi connectivity index (χ1n) is 3.70. The molecule has 0 radical (unpaired) electrons. The molecule has 0 heterocycles. The van der Waals surface area contributed by atoms with Gasteiger partial charge in [-0.05, 0) is 5.56 Å². The summed E-state index contributed by atoms with van der Waals surface area (Å²) in [5.41, 5.74) is 1.17. The predicted octanol–water partition coefficient (Wildman–Crippen LogP) is 1.77. The molecule has 0 unspecified atom stereocenters. The van der Waals surface area contributed by atoms with E-state index in [-0.39, 0.29) is 0 Å². The Hall–Kier alpha value is -1.17. The van der Waals surface area contributed by atoms with E-state index in [0.29, 0.717) is 0 Å². The van der Waals surface area contributed by atoms with Crippen LogP contribution in [0.15, 0.2) is 36.9 Å². The molecule has 0 bridgehead atoms. The Balaban J connectivity index is 0.000000255. The molecule has 1 aromatic carbocycles. The van der Waals surface area contributed by atoms with Gasteiger partial charge < -0.3 is 0 Å². The lowest BCUT2D eigenvalue weighted by atomic mass is 10.2. The lowest BCUT2D eigenvalue weighted by Gasteiger charge is -1.85. The van der Waals surface area contributed by atoms with Crippen LogP contribution in [0.4, 0.5) is 0 Å². The Morgan fingerprint density at radius 2 is 1.79 bits per heavy atom. The first-order chi connectivity index (χ1) is 6.49. The summed E-state index contributed by atoms with van der Waals surface area (Å²) in [6.07, 6.45) is 1.83. The highest BCUT2D eigenvalue weighted by atomic mass is 32.3. The molecule has 0 spiro atoms. The van der Waals surface area contributed by atoms with Crippen molar-refractivity contribution in [1.29, 1.82) is 0 Å². The van der Waals surface area contributed by atoms with E-state index in [1.165, 1.54) is 5.56 Å². The molecule has 14 heavy (non-hydrogen) atoms. The normalized spacial score (nSPS) is 9.86. The average molecular weight is 216 g/mol. The zero-order chi connectivity index (χ0) is 11.0. The summed E-state index contributed by atoms with van der Waals surface area (Å²) in [5, 5.41) is 0. The standard InChI is InChI=1S/C8H8.CH4O4S/c1-2-8-6-4-3-5-7-8;1-5-6(2,3)4/h2-7H,1H2;1H3,(H,2,3,4). The Morgan fingerprint density at radius 1 is 1.36 bits per heavy atom. The molecule has 0 aliphatic rings. The number of rotatable bonds is 2. The van der Waals surface area contributed by atoms with Gasteiger partial charge in [-0.15, -0.1) is 0 Å². The maximum atomic E-state index is 9.33. The summed E-state index contributed by atoms with van der Waals surface area (Å²) in [4.78, 5) is 0. The van der Waals surface area contributed by atoms with Gasteiger partial charge in [0.15, 0.2) is 0 Å². The van der Waals surface area contributed by atoms with Crippen LogP contribution in [0.3, 0.4) is 0 Å². The molecule has 1 rings (SSSR count). The first-order valence-corrected chi connectivity index (χ1v) is 5.06. The first kappa shape index (κ1) is 12.8. The van der Waals surface area contributed by atoms with Gasteiger partial charge in [0.05, 0.1) is 7.11 Å². The van der Waals surface area contributed by atoms with Crippen LogP contribution in [0.1, 0.15) is 5.56 Å². The largest absolute Gasteiger partial charge is 0.397 e. The van der Waals surface area contributed by atoms with Gasteiger partial charge in [-0.2, -0.15) is 8.42 Å². The summed E-state index contributed by atoms with van der Waals surface area (Å²) in [7, 11) is -3.29. The Morgan fingerprint density at radius 3 is 2.00 bits per heavy atom. The minimum absolute atomic E-state index is 0.870. The lowest BCUT2D eigenvalue weighted by Crippen LogP contribution is -1.96. The van der Waals surface area contributed by atoms with E-state index in [1.54, 1.807) is 0 Å². The predicted molar refractivity (Wildman–Crippen MR) is 55.1 cm³/mol. The van der Waals surface area contributed by atoms with Crippen molar-refractivity contribution in [3.8, 4) is 0 Å². The van der Waals surface area contributed by atoms with E-state index in [4.69, 9.17) is 4.55 Å². The maximum Gasteiger partial charge on any atom is 0.397 e. The van der Waals surface area contributed by atoms with Gasteiger partial charge in [0.2, 0.25) is 0 Å². The quantitative estimate of drug-likeness (QED) is 0.765. The van der Waals surface area contributed by atoms with Crippen molar-refractivity contribution in [1.82, 2.24) is 0 Å². The summed E-state index contributed by atoms with van der Waals surface area (Å²) in [5.74, 6) is 0. The monoisotopic (exact) mass is 216 g/mol. The van der Waals surface area contributed by atoms with Crippen LogP contribution in [0.25, 0.3) is 6.08 Å². The molecule has 0 atom stereocenters. The molecule has 0 amide bonds. The van der Waals surface area contributed by atoms with E-state index in [9.17, 15) is 8.42 Å². The molecule has 0 saturated carbocycles. The summed E-state index contributed by atoms with van der Waals surface area (Å²) < 4.78 is 29.7. The molecular weight excluding hydrogens is 204 g/mol. The topological polar surface area (TPSA) is 63.6 Å². The molecule has 78 valence electrons. The van der Waals surface area contributed by atoms with Gasteiger partial charge in [-0.3, -0.25) is 8.74 Å². The van der Waals surface area contributed by atoms with E-state index in [0.717, 1.165) is 7.11 Å². The maximum absolute atomic E-state index is 9.33. The van der Waals surface area contributed by atoms with E-state index < -0.39 is 10.4 Å². The fourth-order valence-corrected chi connectivity index (χ4v) is 0.589. The van der Waals surface area contributed by atoms with Gasteiger partial charge in [-0.1, -0.05) is 43.0 Å². The van der Waals surface area contributed by atoms with E-state index >= 15 is 0 Å². The molecule has 0 aromatic heterocycles. The van der Waals surface area contributed by atoms with Crippen molar-refractivity contribution in [2.45, 2.75) is 0 Å². The second kappa shape index (κ2) is 6.31. The van der Waals surface area contributed by atoms with Crippen molar-refractivity contribution < 1.29 is 17.2 Å². The third-order valence-corrected chi connectivity index (χ3v) is 1.67. The van der Waals surface area contributed by atoms with Gasteiger partial charge in [0.1, 0.15) is 0 Å². The van der Waals surface area contributed by atoms with Gasteiger partial charge >= 0.3 is 10.4 Å². The highest BCUT2D eigenvalue weighted by Crippen LogP contribution is 1.97. The van der Waals surface area contributed by atoms with Crippen molar-refractivity contribution in [2.24, 2.45) is 0 Å². The van der Waals surface area contributed by atoms with Crippen LogP contribution in [0, 0.1) is 0 Å². The molecule has 4 nitrogen and oxygen atoms in total. The van der Waals surface area contributed by atoms with Gasteiger partial charge in [0, 0.05) is 0 Å². The Kier molecular flexibility index (Phi) is 5.78. The summed E-state index contributed by atoms with van der Waals surface area (Å²) in [6.45, 7) is 3.63. The second-order valence-electron chi connectivity index (χ2n) is 2.21. The molecule has 0 saturated heterocycles.